The molecule has 0 radical (unpaired) electrons. The number of phenolic OH excluding ortho intramolecular Hbond substituents is 1. The Kier molecular flexibility index (Phi) is 4.80. The zero-order valence-corrected chi connectivity index (χ0v) is 11.5. The highest BCUT2D eigenvalue weighted by Crippen LogP contribution is 2.20. The molecule has 0 aliphatic carbocycles. The van der Waals surface area contributed by atoms with Gasteiger partial charge < -0.3 is 15.3 Å². The van der Waals surface area contributed by atoms with E-state index in [4.69, 9.17) is 0 Å². The minimum atomic E-state index is -0.196. The van der Waals surface area contributed by atoms with Crippen molar-refractivity contribution in [3.05, 3.63) is 29.3 Å². The van der Waals surface area contributed by atoms with Gasteiger partial charge in [0.1, 0.15) is 5.75 Å². The lowest BCUT2D eigenvalue weighted by molar-refractivity contribution is 0.0944. The summed E-state index contributed by atoms with van der Waals surface area (Å²) in [6, 6.07) is 5.23. The number of aromatic hydroxyl groups is 1. The molecule has 0 aromatic heterocycles. The van der Waals surface area contributed by atoms with Crippen molar-refractivity contribution in [3.63, 3.8) is 0 Å². The van der Waals surface area contributed by atoms with Gasteiger partial charge in [0.25, 0.3) is 5.91 Å². The number of hydrogen-bond acceptors (Lipinski definition) is 3. The van der Waals surface area contributed by atoms with E-state index in [0.717, 1.165) is 25.2 Å². The summed E-state index contributed by atoms with van der Waals surface area (Å²) in [4.78, 5) is 14.3. The Balaban J connectivity index is 1.82. The van der Waals surface area contributed by atoms with Crippen LogP contribution in [0, 0.1) is 6.92 Å². The lowest BCUT2D eigenvalue weighted by atomic mass is 10.1. The highest BCUT2D eigenvalue weighted by Gasteiger charge is 2.13. The van der Waals surface area contributed by atoms with E-state index >= 15 is 0 Å². The molecule has 0 unspecified atom stereocenters. The summed E-state index contributed by atoms with van der Waals surface area (Å²) in [5.74, 6) is -0.115. The quantitative estimate of drug-likeness (QED) is 0.871. The summed E-state index contributed by atoms with van der Waals surface area (Å²) in [6.45, 7) is 5.57. The smallest absolute Gasteiger partial charge is 0.255 e. The molecule has 1 heterocycles. The van der Waals surface area contributed by atoms with Crippen LogP contribution in [-0.4, -0.2) is 42.1 Å². The average Bonchev–Trinajstić information content (AvgIpc) is 2.43. The van der Waals surface area contributed by atoms with Crippen molar-refractivity contribution >= 4 is 5.91 Å². The van der Waals surface area contributed by atoms with Crippen LogP contribution in [0.25, 0.3) is 0 Å². The molecule has 1 aliphatic heterocycles. The molecular weight excluding hydrogens is 240 g/mol. The second-order valence-electron chi connectivity index (χ2n) is 5.13. The van der Waals surface area contributed by atoms with Gasteiger partial charge in [-0.2, -0.15) is 0 Å². The fraction of sp³-hybridized carbons (Fsp3) is 0.533. The first-order valence-corrected chi connectivity index (χ1v) is 6.97. The van der Waals surface area contributed by atoms with Crippen LogP contribution in [-0.2, 0) is 0 Å². The molecule has 1 aromatic carbocycles. The third-order valence-corrected chi connectivity index (χ3v) is 3.64. The number of carbonyl (C=O) groups is 1. The maximum Gasteiger partial charge on any atom is 0.255 e. The van der Waals surface area contributed by atoms with E-state index < -0.39 is 0 Å². The average molecular weight is 262 g/mol. The number of amides is 1. The van der Waals surface area contributed by atoms with Gasteiger partial charge in [0, 0.05) is 13.1 Å². The fourth-order valence-electron chi connectivity index (χ4n) is 2.45. The minimum absolute atomic E-state index is 0.0815. The van der Waals surface area contributed by atoms with Gasteiger partial charge in [0.15, 0.2) is 0 Å². The largest absolute Gasteiger partial charge is 0.507 e. The number of benzene rings is 1. The number of phenols is 1. The molecule has 0 spiro atoms. The maximum absolute atomic E-state index is 12.0. The number of likely N-dealkylation sites (tertiary alicyclic amines) is 1. The standard InChI is InChI=1S/C15H22N2O2/c1-12-6-5-7-13(14(12)18)15(19)16-8-11-17-9-3-2-4-10-17/h5-7,18H,2-4,8-11H2,1H3,(H,16,19). The van der Waals surface area contributed by atoms with Crippen molar-refractivity contribution in [2.24, 2.45) is 0 Å². The van der Waals surface area contributed by atoms with E-state index in [1.165, 1.54) is 19.3 Å². The number of carbonyl (C=O) groups excluding carboxylic acids is 1. The van der Waals surface area contributed by atoms with Crippen molar-refractivity contribution in [1.29, 1.82) is 0 Å². The molecule has 104 valence electrons. The minimum Gasteiger partial charge on any atom is -0.507 e. The second-order valence-corrected chi connectivity index (χ2v) is 5.13. The van der Waals surface area contributed by atoms with Crippen molar-refractivity contribution < 1.29 is 9.90 Å². The van der Waals surface area contributed by atoms with Gasteiger partial charge in [-0.25, -0.2) is 0 Å². The zero-order valence-electron chi connectivity index (χ0n) is 11.5. The fourth-order valence-corrected chi connectivity index (χ4v) is 2.45. The molecule has 1 aromatic rings. The Morgan fingerprint density at radius 1 is 1.32 bits per heavy atom. The zero-order chi connectivity index (χ0) is 13.7. The van der Waals surface area contributed by atoms with Crippen LogP contribution in [0.2, 0.25) is 0 Å². The number of para-hydroxylation sites is 1. The predicted octanol–water partition coefficient (Wildman–Crippen LogP) is 1.92. The molecule has 1 amide bonds. The molecule has 1 saturated heterocycles. The Bertz CT molecular complexity index is 440. The predicted molar refractivity (Wildman–Crippen MR) is 75.5 cm³/mol. The van der Waals surface area contributed by atoms with Crippen molar-refractivity contribution in [3.8, 4) is 5.75 Å². The SMILES string of the molecule is Cc1cccc(C(=O)NCCN2CCCCC2)c1O. The van der Waals surface area contributed by atoms with Crippen LogP contribution in [0.1, 0.15) is 35.2 Å². The van der Waals surface area contributed by atoms with Crippen LogP contribution in [0.15, 0.2) is 18.2 Å². The summed E-state index contributed by atoms with van der Waals surface area (Å²) in [6.07, 6.45) is 3.83. The molecule has 1 fully saturated rings. The Labute approximate surface area is 114 Å². The van der Waals surface area contributed by atoms with E-state index in [2.05, 4.69) is 10.2 Å². The van der Waals surface area contributed by atoms with Gasteiger partial charge in [-0.05, 0) is 44.5 Å². The van der Waals surface area contributed by atoms with E-state index in [1.807, 2.05) is 0 Å². The molecule has 2 rings (SSSR count). The van der Waals surface area contributed by atoms with Crippen molar-refractivity contribution in [2.75, 3.05) is 26.2 Å². The van der Waals surface area contributed by atoms with E-state index in [1.54, 1.807) is 25.1 Å². The van der Waals surface area contributed by atoms with Crippen LogP contribution in [0.4, 0.5) is 0 Å². The van der Waals surface area contributed by atoms with Crippen molar-refractivity contribution in [2.45, 2.75) is 26.2 Å². The van der Waals surface area contributed by atoms with Gasteiger partial charge in [-0.3, -0.25) is 4.79 Å². The number of piperidine rings is 1. The van der Waals surface area contributed by atoms with E-state index in [9.17, 15) is 9.90 Å². The molecular formula is C15H22N2O2. The van der Waals surface area contributed by atoms with Gasteiger partial charge >= 0.3 is 0 Å². The first kappa shape index (κ1) is 13.9. The molecule has 0 bridgehead atoms. The lowest BCUT2D eigenvalue weighted by Crippen LogP contribution is -2.37. The summed E-state index contributed by atoms with van der Waals surface area (Å²) >= 11 is 0. The van der Waals surface area contributed by atoms with Crippen LogP contribution in [0.3, 0.4) is 0 Å². The van der Waals surface area contributed by atoms with E-state index in [0.29, 0.717) is 12.1 Å². The highest BCUT2D eigenvalue weighted by atomic mass is 16.3. The normalized spacial score (nSPS) is 16.3. The molecule has 0 saturated carbocycles. The first-order valence-electron chi connectivity index (χ1n) is 6.97. The highest BCUT2D eigenvalue weighted by molar-refractivity contribution is 5.97. The van der Waals surface area contributed by atoms with Crippen LogP contribution in [0.5, 0.6) is 5.75 Å². The molecule has 0 atom stereocenters. The molecule has 19 heavy (non-hydrogen) atoms. The number of nitrogens with zero attached hydrogens (tertiary/aromatic N) is 1. The molecule has 4 nitrogen and oxygen atoms in total. The number of hydrogen-bond donors (Lipinski definition) is 2. The Morgan fingerprint density at radius 3 is 2.79 bits per heavy atom. The Morgan fingerprint density at radius 2 is 2.05 bits per heavy atom. The van der Waals surface area contributed by atoms with E-state index in [-0.39, 0.29) is 11.7 Å². The summed E-state index contributed by atoms with van der Waals surface area (Å²) < 4.78 is 0. The summed E-state index contributed by atoms with van der Waals surface area (Å²) in [5, 5.41) is 12.7. The number of aryl methyl sites for hydroxylation is 1. The Hall–Kier alpha value is -1.55. The second kappa shape index (κ2) is 6.57. The maximum atomic E-state index is 12.0. The van der Waals surface area contributed by atoms with Crippen LogP contribution >= 0.6 is 0 Å². The topological polar surface area (TPSA) is 52.6 Å². The van der Waals surface area contributed by atoms with Gasteiger partial charge in [-0.1, -0.05) is 18.6 Å². The summed E-state index contributed by atoms with van der Waals surface area (Å²) in [7, 11) is 0. The lowest BCUT2D eigenvalue weighted by Gasteiger charge is -2.26. The monoisotopic (exact) mass is 262 g/mol. The molecule has 1 aliphatic rings. The third-order valence-electron chi connectivity index (χ3n) is 3.64. The summed E-state index contributed by atoms with van der Waals surface area (Å²) in [5.41, 5.74) is 1.09. The third kappa shape index (κ3) is 3.70. The van der Waals surface area contributed by atoms with Gasteiger partial charge in [-0.15, -0.1) is 0 Å². The van der Waals surface area contributed by atoms with Crippen LogP contribution < -0.4 is 5.32 Å². The molecule has 2 N–H and O–H groups in total. The van der Waals surface area contributed by atoms with Gasteiger partial charge in [0.05, 0.1) is 5.56 Å². The first-order chi connectivity index (χ1) is 9.18. The molecule has 4 heteroatoms. The number of nitrogens with one attached hydrogen (secondary N) is 1. The van der Waals surface area contributed by atoms with Gasteiger partial charge in [0.2, 0.25) is 0 Å². The van der Waals surface area contributed by atoms with Crippen molar-refractivity contribution in [1.82, 2.24) is 10.2 Å². The number of rotatable bonds is 4.